The third-order valence-corrected chi connectivity index (χ3v) is 7.60. The second kappa shape index (κ2) is 7.50. The predicted molar refractivity (Wildman–Crippen MR) is 120 cm³/mol. The van der Waals surface area contributed by atoms with Gasteiger partial charge < -0.3 is 16.4 Å². The third kappa shape index (κ3) is 4.44. The molecule has 2 fully saturated rings. The molecule has 0 radical (unpaired) electrons. The number of fused-ring (bicyclic) bond motifs is 1. The quantitative estimate of drug-likeness (QED) is 0.684. The van der Waals surface area contributed by atoms with Gasteiger partial charge in [-0.1, -0.05) is 26.8 Å². The Morgan fingerprint density at radius 2 is 2.00 bits per heavy atom. The van der Waals surface area contributed by atoms with E-state index in [1.807, 2.05) is 0 Å². The number of carbonyl (C=O) groups is 1. The molecule has 1 aliphatic heterocycles. The molecular weight excluding hydrogens is 400 g/mol. The highest BCUT2D eigenvalue weighted by atomic mass is 32.2. The van der Waals surface area contributed by atoms with Crippen LogP contribution in [0.2, 0.25) is 0 Å². The van der Waals surface area contributed by atoms with E-state index in [1.54, 1.807) is 6.07 Å². The largest absolute Gasteiger partial charge is 0.398 e. The summed E-state index contributed by atoms with van der Waals surface area (Å²) in [7, 11) is -3.06. The van der Waals surface area contributed by atoms with Crippen molar-refractivity contribution >= 4 is 32.3 Å². The van der Waals surface area contributed by atoms with Crippen molar-refractivity contribution in [1.29, 1.82) is 0 Å². The van der Waals surface area contributed by atoms with Crippen molar-refractivity contribution in [3.8, 4) is 0 Å². The van der Waals surface area contributed by atoms with Crippen LogP contribution in [0.1, 0.15) is 61.1 Å². The Morgan fingerprint density at radius 1 is 1.27 bits per heavy atom. The van der Waals surface area contributed by atoms with Crippen molar-refractivity contribution in [2.45, 2.75) is 51.0 Å². The summed E-state index contributed by atoms with van der Waals surface area (Å²) in [6.45, 7) is 7.04. The molecule has 162 valence electrons. The minimum absolute atomic E-state index is 0.0265. The number of carbonyl (C=O) groups excluding carboxylic acids is 1. The van der Waals surface area contributed by atoms with E-state index in [1.165, 1.54) is 18.4 Å². The predicted octanol–water partition coefficient (Wildman–Crippen LogP) is 2.11. The fraction of sp³-hybridized carbons (Fsp3) is 0.545. The van der Waals surface area contributed by atoms with Crippen LogP contribution < -0.4 is 16.4 Å². The first-order valence-corrected chi connectivity index (χ1v) is 12.3. The maximum Gasteiger partial charge on any atom is 0.270 e. The Morgan fingerprint density at radius 3 is 2.63 bits per heavy atom. The smallest absolute Gasteiger partial charge is 0.270 e. The first-order chi connectivity index (χ1) is 14.0. The van der Waals surface area contributed by atoms with Gasteiger partial charge in [0.05, 0.1) is 17.0 Å². The number of pyridine rings is 1. The van der Waals surface area contributed by atoms with Crippen molar-refractivity contribution in [3.63, 3.8) is 0 Å². The maximum absolute atomic E-state index is 12.8. The number of rotatable bonds is 4. The highest BCUT2D eigenvalue weighted by molar-refractivity contribution is 7.91. The van der Waals surface area contributed by atoms with Crippen LogP contribution in [-0.4, -0.2) is 49.9 Å². The molecular formula is C22H30N4O3S. The number of nitrogens with two attached hydrogens (primary N) is 1. The van der Waals surface area contributed by atoms with Crippen molar-refractivity contribution in [2.24, 2.45) is 0 Å². The van der Waals surface area contributed by atoms with Gasteiger partial charge in [-0.05, 0) is 47.4 Å². The molecule has 1 saturated heterocycles. The van der Waals surface area contributed by atoms with Crippen LogP contribution >= 0.6 is 0 Å². The molecule has 8 heteroatoms. The summed E-state index contributed by atoms with van der Waals surface area (Å²) in [5, 5.41) is 6.84. The van der Waals surface area contributed by atoms with Crippen LogP contribution in [-0.2, 0) is 15.3 Å². The Kier molecular flexibility index (Phi) is 5.26. The lowest BCUT2D eigenvalue weighted by Gasteiger charge is -2.24. The number of nitrogen functional groups attached to an aromatic ring is 1. The molecule has 2 heterocycles. The number of anilines is 1. The second-order valence-corrected chi connectivity index (χ2v) is 11.8. The first kappa shape index (κ1) is 21.1. The average Bonchev–Trinajstić information content (AvgIpc) is 3.49. The topological polar surface area (TPSA) is 114 Å². The van der Waals surface area contributed by atoms with Crippen molar-refractivity contribution in [3.05, 3.63) is 35.0 Å². The molecule has 0 unspecified atom stereocenters. The van der Waals surface area contributed by atoms with E-state index in [0.717, 1.165) is 16.5 Å². The summed E-state index contributed by atoms with van der Waals surface area (Å²) in [5.41, 5.74) is 10.2. The highest BCUT2D eigenvalue weighted by Gasteiger charge is 2.28. The fourth-order valence-corrected chi connectivity index (χ4v) is 5.46. The maximum atomic E-state index is 12.8. The van der Waals surface area contributed by atoms with E-state index in [4.69, 9.17) is 5.73 Å². The average molecular weight is 431 g/mol. The van der Waals surface area contributed by atoms with Gasteiger partial charge in [0.1, 0.15) is 5.69 Å². The summed E-state index contributed by atoms with van der Waals surface area (Å²) in [6, 6.07) is 5.65. The Labute approximate surface area is 177 Å². The van der Waals surface area contributed by atoms with Crippen molar-refractivity contribution < 1.29 is 13.2 Å². The molecule has 1 aliphatic carbocycles. The number of nitrogens with zero attached hydrogens (tertiary/aromatic N) is 1. The van der Waals surface area contributed by atoms with Gasteiger partial charge in [0.2, 0.25) is 0 Å². The normalized spacial score (nSPS) is 21.5. The number of aromatic nitrogens is 1. The zero-order valence-corrected chi connectivity index (χ0v) is 18.6. The van der Waals surface area contributed by atoms with Crippen LogP contribution in [0, 0.1) is 0 Å². The third-order valence-electron chi connectivity index (χ3n) is 5.87. The van der Waals surface area contributed by atoms with Gasteiger partial charge in [0.15, 0.2) is 9.84 Å². The van der Waals surface area contributed by atoms with E-state index in [0.29, 0.717) is 18.2 Å². The van der Waals surface area contributed by atoms with Gasteiger partial charge in [-0.15, -0.1) is 0 Å². The molecule has 4 rings (SSSR count). The molecule has 0 spiro atoms. The number of benzene rings is 1. The molecule has 0 bridgehead atoms. The molecule has 7 nitrogen and oxygen atoms in total. The number of hydrogen-bond acceptors (Lipinski definition) is 6. The van der Waals surface area contributed by atoms with Crippen LogP contribution in [0.3, 0.4) is 0 Å². The van der Waals surface area contributed by atoms with Crippen molar-refractivity contribution in [2.75, 3.05) is 30.3 Å². The summed E-state index contributed by atoms with van der Waals surface area (Å²) in [5.74, 6) is 0.411. The Balaban J connectivity index is 1.63. The van der Waals surface area contributed by atoms with Crippen LogP contribution in [0.4, 0.5) is 5.69 Å². The highest BCUT2D eigenvalue weighted by Crippen LogP contribution is 2.43. The molecule has 1 aromatic carbocycles. The zero-order valence-electron chi connectivity index (χ0n) is 17.8. The van der Waals surface area contributed by atoms with Crippen LogP contribution in [0.15, 0.2) is 18.2 Å². The number of sulfone groups is 1. The van der Waals surface area contributed by atoms with E-state index in [9.17, 15) is 13.2 Å². The fourth-order valence-electron chi connectivity index (χ4n) is 4.02. The molecule has 30 heavy (non-hydrogen) atoms. The number of amides is 1. The minimum Gasteiger partial charge on any atom is -0.398 e. The van der Waals surface area contributed by atoms with Gasteiger partial charge in [-0.3, -0.25) is 4.79 Å². The number of hydrogen-bond donors (Lipinski definition) is 3. The Hall–Kier alpha value is -2.19. The standard InChI is InChI=1S/C22H30N4O3S/c1-22(2,3)17-9-14(13-4-5-13)8-16-18(23)10-19(26-20(16)17)21(27)25-11-15-12-30(28,29)7-6-24-15/h8-10,13,15,24H,4-7,11-12H2,1-3H3,(H2,23,26)(H,25,27)/t15-/m0/s1. The van der Waals surface area contributed by atoms with E-state index in [2.05, 4.69) is 48.5 Å². The lowest BCUT2D eigenvalue weighted by molar-refractivity contribution is 0.0945. The van der Waals surface area contributed by atoms with Gasteiger partial charge in [0, 0.05) is 30.2 Å². The van der Waals surface area contributed by atoms with Gasteiger partial charge in [-0.25, -0.2) is 13.4 Å². The van der Waals surface area contributed by atoms with E-state index in [-0.39, 0.29) is 41.1 Å². The molecule has 4 N–H and O–H groups in total. The summed E-state index contributed by atoms with van der Waals surface area (Å²) in [6.07, 6.45) is 2.40. The lowest BCUT2D eigenvalue weighted by atomic mass is 9.83. The molecule has 2 aliphatic rings. The summed E-state index contributed by atoms with van der Waals surface area (Å²) < 4.78 is 23.6. The molecule has 1 atom stereocenters. The van der Waals surface area contributed by atoms with Gasteiger partial charge in [0.25, 0.3) is 5.91 Å². The van der Waals surface area contributed by atoms with Gasteiger partial charge >= 0.3 is 0 Å². The molecule has 1 aromatic heterocycles. The summed E-state index contributed by atoms with van der Waals surface area (Å²) in [4.78, 5) is 17.5. The molecule has 1 amide bonds. The second-order valence-electron chi connectivity index (χ2n) is 9.56. The minimum atomic E-state index is -3.06. The van der Waals surface area contributed by atoms with Gasteiger partial charge in [-0.2, -0.15) is 0 Å². The monoisotopic (exact) mass is 430 g/mol. The van der Waals surface area contributed by atoms with Crippen LogP contribution in [0.25, 0.3) is 10.9 Å². The first-order valence-electron chi connectivity index (χ1n) is 10.5. The lowest BCUT2D eigenvalue weighted by Crippen LogP contribution is -2.50. The van der Waals surface area contributed by atoms with E-state index >= 15 is 0 Å². The van der Waals surface area contributed by atoms with Crippen LogP contribution in [0.5, 0.6) is 0 Å². The zero-order chi connectivity index (χ0) is 21.7. The number of nitrogens with one attached hydrogen (secondary N) is 2. The van der Waals surface area contributed by atoms with Crippen molar-refractivity contribution in [1.82, 2.24) is 15.6 Å². The SMILES string of the molecule is CC(C)(C)c1cc(C2CC2)cc2c(N)cc(C(=O)NC[C@H]3CS(=O)(=O)CCN3)nc12. The Bertz CT molecular complexity index is 1100. The molecule has 2 aromatic rings. The summed E-state index contributed by atoms with van der Waals surface area (Å²) >= 11 is 0. The molecule has 1 saturated carbocycles. The van der Waals surface area contributed by atoms with E-state index < -0.39 is 9.84 Å².